The van der Waals surface area contributed by atoms with E-state index in [1.54, 1.807) is 0 Å². The fourth-order valence-corrected chi connectivity index (χ4v) is 0.326. The summed E-state index contributed by atoms with van der Waals surface area (Å²) in [5.41, 5.74) is -0.179. The smallest absolute Gasteiger partial charge is 0.206 e. The number of hydrogen-bond donors (Lipinski definition) is 0. The number of alkyl halides is 3. The van der Waals surface area contributed by atoms with Crippen LogP contribution in [0.3, 0.4) is 0 Å². The van der Waals surface area contributed by atoms with Gasteiger partial charge in [0.15, 0.2) is 6.61 Å². The fraction of sp³-hybridized carbons (Fsp3) is 1.00. The molecule has 0 bridgehead atoms. The highest BCUT2D eigenvalue weighted by Crippen LogP contribution is 2.16. The van der Waals surface area contributed by atoms with Crippen molar-refractivity contribution >= 4 is 0 Å². The van der Waals surface area contributed by atoms with Crippen LogP contribution in [0.4, 0.5) is 13.2 Å². The van der Waals surface area contributed by atoms with Crippen molar-refractivity contribution in [1.29, 1.82) is 0 Å². The molecule has 0 saturated carbocycles. The summed E-state index contributed by atoms with van der Waals surface area (Å²) in [6.45, 7) is 4.22. The molecule has 0 aliphatic carbocycles. The zero-order valence-electron chi connectivity index (χ0n) is 7.77. The Bertz CT molecular complexity index is 123. The van der Waals surface area contributed by atoms with Gasteiger partial charge in [0.2, 0.25) is 0 Å². The molecule has 0 unspecified atom stereocenters. The molecular weight excluding hydrogens is 189 g/mol. The third kappa shape index (κ3) is 11.7. The molecule has 3 nitrogen and oxygen atoms in total. The summed E-state index contributed by atoms with van der Waals surface area (Å²) >= 11 is 0. The largest absolute Gasteiger partial charge is 0.415 e. The second-order valence-corrected chi connectivity index (χ2v) is 3.77. The van der Waals surface area contributed by atoms with Gasteiger partial charge in [-0.15, -0.1) is 0 Å². The Morgan fingerprint density at radius 2 is 1.38 bits per heavy atom. The summed E-state index contributed by atoms with van der Waals surface area (Å²) in [7, 11) is 0. The monoisotopic (exact) mass is 202 g/mol. The lowest BCUT2D eigenvalue weighted by Gasteiger charge is -2.16. The van der Waals surface area contributed by atoms with Gasteiger partial charge in [0.25, 0.3) is 0 Å². The van der Waals surface area contributed by atoms with E-state index in [0.717, 1.165) is 0 Å². The van der Waals surface area contributed by atoms with Crippen molar-refractivity contribution in [3.8, 4) is 0 Å². The van der Waals surface area contributed by atoms with Crippen LogP contribution in [0.25, 0.3) is 0 Å². The van der Waals surface area contributed by atoms with E-state index in [4.69, 9.17) is 0 Å². The topological polar surface area (TPSA) is 27.7 Å². The van der Waals surface area contributed by atoms with E-state index >= 15 is 0 Å². The molecule has 80 valence electrons. The van der Waals surface area contributed by atoms with Gasteiger partial charge in [-0.05, 0) is 5.41 Å². The van der Waals surface area contributed by atoms with Crippen LogP contribution in [-0.4, -0.2) is 19.4 Å². The zero-order chi connectivity index (χ0) is 10.5. The third-order valence-corrected chi connectivity index (χ3v) is 0.811. The molecule has 6 heteroatoms. The maximum atomic E-state index is 11.5. The summed E-state index contributed by atoms with van der Waals surface area (Å²) in [4.78, 5) is 8.12. The minimum Gasteiger partial charge on any atom is -0.206 e. The average molecular weight is 202 g/mol. The van der Waals surface area contributed by atoms with Gasteiger partial charge < -0.3 is 0 Å². The molecule has 0 saturated heterocycles. The van der Waals surface area contributed by atoms with E-state index in [1.807, 2.05) is 20.8 Å². The maximum Gasteiger partial charge on any atom is 0.415 e. The zero-order valence-corrected chi connectivity index (χ0v) is 7.77. The van der Waals surface area contributed by atoms with Crippen LogP contribution < -0.4 is 0 Å². The Morgan fingerprint density at radius 3 is 1.77 bits per heavy atom. The Balaban J connectivity index is 3.28. The quantitative estimate of drug-likeness (QED) is 0.398. The first kappa shape index (κ1) is 12.7. The van der Waals surface area contributed by atoms with Gasteiger partial charge in [-0.3, -0.25) is 0 Å². The van der Waals surface area contributed by atoms with E-state index in [-0.39, 0.29) is 12.0 Å². The minimum absolute atomic E-state index is 0.158. The van der Waals surface area contributed by atoms with Crippen molar-refractivity contribution in [2.75, 3.05) is 13.2 Å². The Labute approximate surface area is 74.6 Å². The molecule has 0 aromatic heterocycles. The molecule has 0 aromatic rings. The molecule has 0 aliphatic heterocycles. The summed E-state index contributed by atoms with van der Waals surface area (Å²) in [5.74, 6) is 0. The molecule has 0 radical (unpaired) electrons. The van der Waals surface area contributed by atoms with Gasteiger partial charge in [0, 0.05) is 0 Å². The summed E-state index contributed by atoms with van der Waals surface area (Å²) in [6.07, 6.45) is -4.40. The molecule has 0 rings (SSSR count). The number of hydrogen-bond acceptors (Lipinski definition) is 3. The standard InChI is InChI=1S/C7H13F3O3/c1-6(2,3)4-11-13-12-5-7(8,9)10/h4-5H2,1-3H3. The van der Waals surface area contributed by atoms with Crippen LogP contribution in [0.2, 0.25) is 0 Å². The van der Waals surface area contributed by atoms with E-state index in [2.05, 4.69) is 14.8 Å². The maximum absolute atomic E-state index is 11.5. The van der Waals surface area contributed by atoms with Crippen LogP contribution >= 0.6 is 0 Å². The van der Waals surface area contributed by atoms with Gasteiger partial charge in [0.1, 0.15) is 0 Å². The van der Waals surface area contributed by atoms with Gasteiger partial charge in [-0.1, -0.05) is 25.8 Å². The normalized spacial score (nSPS) is 13.4. The molecule has 0 amide bonds. The molecule has 0 aromatic carbocycles. The van der Waals surface area contributed by atoms with E-state index in [9.17, 15) is 13.2 Å². The Hall–Kier alpha value is -0.330. The minimum atomic E-state index is -4.40. The van der Waals surface area contributed by atoms with Crippen LogP contribution in [0.5, 0.6) is 0 Å². The molecule has 0 aliphatic rings. The molecule has 0 atom stereocenters. The van der Waals surface area contributed by atoms with Gasteiger partial charge in [-0.25, -0.2) is 4.89 Å². The Morgan fingerprint density at radius 1 is 0.923 bits per heavy atom. The van der Waals surface area contributed by atoms with Gasteiger partial charge in [-0.2, -0.15) is 18.1 Å². The second kappa shape index (κ2) is 4.78. The summed E-state index contributed by atoms with van der Waals surface area (Å²) in [6, 6.07) is 0. The van der Waals surface area contributed by atoms with Gasteiger partial charge >= 0.3 is 6.18 Å². The van der Waals surface area contributed by atoms with Crippen molar-refractivity contribution in [3.63, 3.8) is 0 Å². The fourth-order valence-electron chi connectivity index (χ4n) is 0.326. The van der Waals surface area contributed by atoms with Crippen LogP contribution in [0.1, 0.15) is 20.8 Å². The first-order valence-corrected chi connectivity index (χ1v) is 3.68. The lowest BCUT2D eigenvalue weighted by molar-refractivity contribution is -0.528. The molecule has 0 N–H and O–H groups in total. The highest BCUT2D eigenvalue weighted by Gasteiger charge is 2.28. The van der Waals surface area contributed by atoms with E-state index in [0.29, 0.717) is 0 Å². The van der Waals surface area contributed by atoms with Crippen molar-refractivity contribution in [2.24, 2.45) is 5.41 Å². The molecule has 0 spiro atoms. The highest BCUT2D eigenvalue weighted by molar-refractivity contribution is 4.56. The van der Waals surface area contributed by atoms with Crippen molar-refractivity contribution in [3.05, 3.63) is 0 Å². The molecule has 0 heterocycles. The predicted molar refractivity (Wildman–Crippen MR) is 38.5 cm³/mol. The average Bonchev–Trinajstić information content (AvgIpc) is 1.81. The van der Waals surface area contributed by atoms with Crippen LogP contribution in [0.15, 0.2) is 0 Å². The highest BCUT2D eigenvalue weighted by atomic mass is 19.4. The lowest BCUT2D eigenvalue weighted by atomic mass is 9.99. The van der Waals surface area contributed by atoms with Crippen molar-refractivity contribution < 1.29 is 28.0 Å². The predicted octanol–water partition coefficient (Wildman–Crippen LogP) is 2.47. The van der Waals surface area contributed by atoms with E-state index < -0.39 is 12.8 Å². The third-order valence-electron chi connectivity index (χ3n) is 0.811. The molecule has 13 heavy (non-hydrogen) atoms. The first-order chi connectivity index (χ1) is 5.71. The lowest BCUT2D eigenvalue weighted by Crippen LogP contribution is -2.19. The number of rotatable bonds is 4. The summed E-state index contributed by atoms with van der Waals surface area (Å²) in [5, 5.41) is 3.87. The summed E-state index contributed by atoms with van der Waals surface area (Å²) < 4.78 is 34.4. The first-order valence-electron chi connectivity index (χ1n) is 3.68. The molecule has 0 fully saturated rings. The van der Waals surface area contributed by atoms with Crippen LogP contribution in [-0.2, 0) is 14.8 Å². The molecular formula is C7H13F3O3. The second-order valence-electron chi connectivity index (χ2n) is 3.77. The van der Waals surface area contributed by atoms with Crippen LogP contribution in [0, 0.1) is 5.41 Å². The van der Waals surface area contributed by atoms with E-state index in [1.165, 1.54) is 0 Å². The SMILES string of the molecule is CC(C)(C)COOOCC(F)(F)F. The van der Waals surface area contributed by atoms with Gasteiger partial charge in [0.05, 0.1) is 6.61 Å². The number of halogens is 3. The van der Waals surface area contributed by atoms with Crippen molar-refractivity contribution in [1.82, 2.24) is 0 Å². The Kier molecular flexibility index (Phi) is 4.66. The van der Waals surface area contributed by atoms with Crippen molar-refractivity contribution in [2.45, 2.75) is 26.9 Å².